The third-order valence-electron chi connectivity index (χ3n) is 4.70. The number of nitriles is 1. The number of carbonyl (C=O) groups excluding carboxylic acids is 1. The van der Waals surface area contributed by atoms with E-state index >= 15 is 0 Å². The van der Waals surface area contributed by atoms with Gasteiger partial charge in [-0.05, 0) is 31.6 Å². The number of anilines is 1. The van der Waals surface area contributed by atoms with Crippen LogP contribution in [-0.4, -0.2) is 20.7 Å². The van der Waals surface area contributed by atoms with Gasteiger partial charge in [-0.15, -0.1) is 10.2 Å². The Balaban J connectivity index is 1.68. The molecule has 0 fully saturated rings. The Morgan fingerprint density at radius 1 is 1.17 bits per heavy atom. The standard InChI is InChI=1S/C23H19N5OS/c1-15-7-9-17(10-8-15)13-28-14-19(20-5-3-4-6-21(20)28)11-18(12-24)22(29)25-23-27-26-16(2)30-23/h3-11,14H,13H2,1-2H3,(H,25,27,29)/b18-11-. The molecule has 0 atom stereocenters. The number of rotatable bonds is 5. The molecule has 148 valence electrons. The lowest BCUT2D eigenvalue weighted by Crippen LogP contribution is -2.13. The molecule has 0 unspecified atom stereocenters. The van der Waals surface area contributed by atoms with Crippen molar-refractivity contribution in [1.82, 2.24) is 14.8 Å². The maximum absolute atomic E-state index is 12.6. The van der Waals surface area contributed by atoms with Crippen LogP contribution in [0.2, 0.25) is 0 Å². The summed E-state index contributed by atoms with van der Waals surface area (Å²) < 4.78 is 2.13. The smallest absolute Gasteiger partial charge is 0.268 e. The van der Waals surface area contributed by atoms with Crippen molar-refractivity contribution in [3.8, 4) is 6.07 Å². The Kier molecular flexibility index (Phi) is 5.42. The van der Waals surface area contributed by atoms with E-state index in [-0.39, 0.29) is 5.57 Å². The topological polar surface area (TPSA) is 83.6 Å². The molecule has 1 N–H and O–H groups in total. The second-order valence-electron chi connectivity index (χ2n) is 6.97. The highest BCUT2D eigenvalue weighted by atomic mass is 32.1. The van der Waals surface area contributed by atoms with Gasteiger partial charge in [0.25, 0.3) is 5.91 Å². The van der Waals surface area contributed by atoms with Crippen molar-refractivity contribution in [2.45, 2.75) is 20.4 Å². The van der Waals surface area contributed by atoms with Crippen LogP contribution < -0.4 is 5.32 Å². The van der Waals surface area contributed by atoms with Crippen LogP contribution in [0.4, 0.5) is 5.13 Å². The summed E-state index contributed by atoms with van der Waals surface area (Å²) in [5.74, 6) is -0.496. The van der Waals surface area contributed by atoms with Gasteiger partial charge < -0.3 is 4.57 Å². The van der Waals surface area contributed by atoms with Gasteiger partial charge in [0.05, 0.1) is 0 Å². The lowest BCUT2D eigenvalue weighted by Gasteiger charge is -2.06. The summed E-state index contributed by atoms with van der Waals surface area (Å²) in [6, 6.07) is 18.4. The molecule has 0 aliphatic carbocycles. The molecule has 0 radical (unpaired) electrons. The highest BCUT2D eigenvalue weighted by Gasteiger charge is 2.14. The van der Waals surface area contributed by atoms with Crippen molar-refractivity contribution in [3.63, 3.8) is 0 Å². The average molecular weight is 414 g/mol. The monoisotopic (exact) mass is 413 g/mol. The van der Waals surface area contributed by atoms with Gasteiger partial charge in [0.1, 0.15) is 16.6 Å². The van der Waals surface area contributed by atoms with Gasteiger partial charge in [-0.25, -0.2) is 0 Å². The third kappa shape index (κ3) is 4.14. The van der Waals surface area contributed by atoms with E-state index in [2.05, 4.69) is 51.3 Å². The first-order valence-electron chi connectivity index (χ1n) is 9.40. The van der Waals surface area contributed by atoms with E-state index in [9.17, 15) is 10.1 Å². The Hall–Kier alpha value is -3.76. The number of nitrogens with zero attached hydrogens (tertiary/aromatic N) is 4. The normalized spacial score (nSPS) is 11.4. The number of para-hydroxylation sites is 1. The van der Waals surface area contributed by atoms with Crippen molar-refractivity contribution >= 4 is 39.4 Å². The molecule has 0 saturated heterocycles. The summed E-state index contributed by atoms with van der Waals surface area (Å²) in [4.78, 5) is 12.6. The molecule has 0 bridgehead atoms. The van der Waals surface area contributed by atoms with E-state index in [0.717, 1.165) is 21.5 Å². The molecule has 2 aromatic carbocycles. The molecule has 0 aliphatic heterocycles. The fourth-order valence-electron chi connectivity index (χ4n) is 3.23. The van der Waals surface area contributed by atoms with Gasteiger partial charge >= 0.3 is 0 Å². The summed E-state index contributed by atoms with van der Waals surface area (Å²) in [7, 11) is 0. The molecule has 4 aromatic rings. The average Bonchev–Trinajstić information content (AvgIpc) is 3.31. The number of aromatic nitrogens is 3. The zero-order chi connectivity index (χ0) is 21.1. The fraction of sp³-hybridized carbons (Fsp3) is 0.130. The maximum atomic E-state index is 12.6. The summed E-state index contributed by atoms with van der Waals surface area (Å²) in [5.41, 5.74) is 4.28. The second kappa shape index (κ2) is 8.31. The molecule has 7 heteroatoms. The molecule has 2 heterocycles. The van der Waals surface area contributed by atoms with Crippen LogP contribution in [-0.2, 0) is 11.3 Å². The van der Waals surface area contributed by atoms with E-state index < -0.39 is 5.91 Å². The highest BCUT2D eigenvalue weighted by Crippen LogP contribution is 2.25. The van der Waals surface area contributed by atoms with Crippen LogP contribution in [0.3, 0.4) is 0 Å². The molecule has 1 amide bonds. The van der Waals surface area contributed by atoms with E-state index in [1.165, 1.54) is 22.5 Å². The fourth-order valence-corrected chi connectivity index (χ4v) is 3.81. The lowest BCUT2D eigenvalue weighted by atomic mass is 10.1. The molecular weight excluding hydrogens is 394 g/mol. The van der Waals surface area contributed by atoms with Crippen LogP contribution in [0, 0.1) is 25.2 Å². The van der Waals surface area contributed by atoms with Crippen molar-refractivity contribution in [1.29, 1.82) is 5.26 Å². The van der Waals surface area contributed by atoms with Crippen molar-refractivity contribution in [3.05, 3.63) is 82.0 Å². The summed E-state index contributed by atoms with van der Waals surface area (Å²) in [6.45, 7) is 4.57. The van der Waals surface area contributed by atoms with E-state index in [4.69, 9.17) is 0 Å². The first kappa shape index (κ1) is 19.6. The zero-order valence-electron chi connectivity index (χ0n) is 16.6. The van der Waals surface area contributed by atoms with Gasteiger partial charge in [-0.2, -0.15) is 5.26 Å². The predicted molar refractivity (Wildman–Crippen MR) is 119 cm³/mol. The minimum Gasteiger partial charge on any atom is -0.342 e. The predicted octanol–water partition coefficient (Wildman–Crippen LogP) is 4.70. The largest absolute Gasteiger partial charge is 0.342 e. The Morgan fingerprint density at radius 3 is 2.63 bits per heavy atom. The number of hydrogen-bond donors (Lipinski definition) is 1. The quantitative estimate of drug-likeness (QED) is 0.380. The summed E-state index contributed by atoms with van der Waals surface area (Å²) in [6.07, 6.45) is 3.60. The summed E-state index contributed by atoms with van der Waals surface area (Å²) in [5, 5.41) is 22.1. The van der Waals surface area contributed by atoms with Crippen molar-refractivity contribution in [2.75, 3.05) is 5.32 Å². The number of benzene rings is 2. The second-order valence-corrected chi connectivity index (χ2v) is 8.15. The number of nitrogens with one attached hydrogen (secondary N) is 1. The molecule has 0 spiro atoms. The molecule has 0 saturated carbocycles. The van der Waals surface area contributed by atoms with Gasteiger partial charge in [0, 0.05) is 29.2 Å². The summed E-state index contributed by atoms with van der Waals surface area (Å²) >= 11 is 1.26. The molecule has 2 aromatic heterocycles. The number of aryl methyl sites for hydroxylation is 2. The molecule has 4 rings (SSSR count). The van der Waals surface area contributed by atoms with E-state index in [1.54, 1.807) is 13.0 Å². The van der Waals surface area contributed by atoms with Gasteiger partial charge in [-0.1, -0.05) is 59.4 Å². The Morgan fingerprint density at radius 2 is 1.93 bits per heavy atom. The van der Waals surface area contributed by atoms with Gasteiger partial charge in [0.15, 0.2) is 0 Å². The Labute approximate surface area is 178 Å². The first-order valence-corrected chi connectivity index (χ1v) is 10.2. The van der Waals surface area contributed by atoms with Crippen LogP contribution in [0.15, 0.2) is 60.3 Å². The van der Waals surface area contributed by atoms with Crippen molar-refractivity contribution in [2.24, 2.45) is 0 Å². The number of amides is 1. The van der Waals surface area contributed by atoms with Crippen LogP contribution in [0.1, 0.15) is 21.7 Å². The maximum Gasteiger partial charge on any atom is 0.268 e. The zero-order valence-corrected chi connectivity index (χ0v) is 17.4. The molecular formula is C23H19N5OS. The van der Waals surface area contributed by atoms with Crippen LogP contribution in [0.5, 0.6) is 0 Å². The van der Waals surface area contributed by atoms with Crippen molar-refractivity contribution < 1.29 is 4.79 Å². The lowest BCUT2D eigenvalue weighted by molar-refractivity contribution is -0.112. The third-order valence-corrected chi connectivity index (χ3v) is 5.46. The van der Waals surface area contributed by atoms with E-state index in [1.807, 2.05) is 36.5 Å². The number of carbonyl (C=O) groups is 1. The number of fused-ring (bicyclic) bond motifs is 1. The Bertz CT molecular complexity index is 1290. The molecule has 0 aliphatic rings. The first-order chi connectivity index (χ1) is 14.5. The van der Waals surface area contributed by atoms with Crippen LogP contribution in [0.25, 0.3) is 17.0 Å². The van der Waals surface area contributed by atoms with E-state index in [0.29, 0.717) is 11.7 Å². The SMILES string of the molecule is Cc1ccc(Cn2cc(/C=C(/C#N)C(=O)Nc3nnc(C)s3)c3ccccc32)cc1. The number of hydrogen-bond acceptors (Lipinski definition) is 5. The van der Waals surface area contributed by atoms with Gasteiger partial charge in [0.2, 0.25) is 5.13 Å². The van der Waals surface area contributed by atoms with Gasteiger partial charge in [-0.3, -0.25) is 10.1 Å². The minimum atomic E-state index is -0.496. The highest BCUT2D eigenvalue weighted by molar-refractivity contribution is 7.15. The minimum absolute atomic E-state index is 0.0149. The molecule has 30 heavy (non-hydrogen) atoms. The van der Waals surface area contributed by atoms with Crippen LogP contribution >= 0.6 is 11.3 Å². The molecule has 6 nitrogen and oxygen atoms in total.